The van der Waals surface area contributed by atoms with Gasteiger partial charge in [-0.15, -0.1) is 24.0 Å². The minimum absolute atomic E-state index is 0. The number of guanidine groups is 1. The number of amides is 1. The fraction of sp³-hybridized carbons (Fsp3) is 0.455. The number of nitrogens with zero attached hydrogens (tertiary/aromatic N) is 1. The predicted molar refractivity (Wildman–Crippen MR) is 78.9 cm³/mol. The molecular weight excluding hydrogens is 347 g/mol. The first-order valence-electron chi connectivity index (χ1n) is 5.66. The monoisotopic (exact) mass is 364 g/mol. The van der Waals surface area contributed by atoms with E-state index in [-0.39, 0.29) is 36.4 Å². The summed E-state index contributed by atoms with van der Waals surface area (Å²) in [4.78, 5) is 15.7. The molecule has 0 fully saturated rings. The first kappa shape index (κ1) is 14.8. The summed E-state index contributed by atoms with van der Waals surface area (Å²) < 4.78 is 5.11. The van der Waals surface area contributed by atoms with Crippen molar-refractivity contribution in [3.8, 4) is 0 Å². The highest BCUT2D eigenvalue weighted by atomic mass is 127. The maximum Gasteiger partial charge on any atom is 0.239 e. The molecule has 1 aliphatic heterocycles. The molecule has 3 N–H and O–H groups in total. The van der Waals surface area contributed by atoms with Gasteiger partial charge in [0, 0.05) is 13.1 Å². The fourth-order valence-corrected chi connectivity index (χ4v) is 1.48. The highest BCUT2D eigenvalue weighted by molar-refractivity contribution is 14.0. The lowest BCUT2D eigenvalue weighted by atomic mass is 10.4. The van der Waals surface area contributed by atoms with Gasteiger partial charge in [-0.05, 0) is 18.6 Å². The maximum atomic E-state index is 11.5. The largest absolute Gasteiger partial charge is 0.467 e. The number of carbonyl (C=O) groups is 1. The van der Waals surface area contributed by atoms with Crippen LogP contribution in [0.15, 0.2) is 27.8 Å². The number of halogens is 1. The highest BCUT2D eigenvalue weighted by Crippen LogP contribution is 1.97. The van der Waals surface area contributed by atoms with Crippen molar-refractivity contribution in [2.24, 2.45) is 4.99 Å². The Kier molecular flexibility index (Phi) is 6.55. The third-order valence-corrected chi connectivity index (χ3v) is 2.35. The molecule has 1 amide bonds. The lowest BCUT2D eigenvalue weighted by molar-refractivity contribution is -0.120. The van der Waals surface area contributed by atoms with Crippen LogP contribution in [0.3, 0.4) is 0 Å². The highest BCUT2D eigenvalue weighted by Gasteiger charge is 2.06. The number of rotatable bonds is 4. The van der Waals surface area contributed by atoms with Gasteiger partial charge in [-0.2, -0.15) is 0 Å². The van der Waals surface area contributed by atoms with Gasteiger partial charge < -0.3 is 20.4 Å². The molecule has 100 valence electrons. The van der Waals surface area contributed by atoms with Gasteiger partial charge in [-0.1, -0.05) is 0 Å². The lowest BCUT2D eigenvalue weighted by Crippen LogP contribution is -2.45. The van der Waals surface area contributed by atoms with Crippen LogP contribution >= 0.6 is 24.0 Å². The van der Waals surface area contributed by atoms with E-state index < -0.39 is 0 Å². The number of furan rings is 1. The molecule has 1 aromatic heterocycles. The van der Waals surface area contributed by atoms with Gasteiger partial charge in [0.05, 0.1) is 19.4 Å². The molecule has 2 rings (SSSR count). The summed E-state index contributed by atoms with van der Waals surface area (Å²) in [5, 5.41) is 8.78. The average Bonchev–Trinajstić information content (AvgIpc) is 2.88. The van der Waals surface area contributed by atoms with Crippen molar-refractivity contribution in [1.29, 1.82) is 0 Å². The number of nitrogens with one attached hydrogen (secondary N) is 3. The van der Waals surface area contributed by atoms with Gasteiger partial charge in [-0.25, -0.2) is 0 Å². The maximum absolute atomic E-state index is 11.5. The van der Waals surface area contributed by atoms with E-state index in [9.17, 15) is 4.79 Å². The van der Waals surface area contributed by atoms with Crippen molar-refractivity contribution in [3.05, 3.63) is 24.2 Å². The molecule has 7 heteroatoms. The molecule has 0 radical (unpaired) electrons. The smallest absolute Gasteiger partial charge is 0.239 e. The minimum atomic E-state index is -0.0866. The Labute approximate surface area is 123 Å². The number of hydrogen-bond donors (Lipinski definition) is 3. The third-order valence-electron chi connectivity index (χ3n) is 2.35. The fourth-order valence-electron chi connectivity index (χ4n) is 1.48. The van der Waals surface area contributed by atoms with Gasteiger partial charge >= 0.3 is 0 Å². The van der Waals surface area contributed by atoms with Crippen molar-refractivity contribution in [1.82, 2.24) is 16.0 Å². The summed E-state index contributed by atoms with van der Waals surface area (Å²) in [5.74, 6) is 1.35. The number of aliphatic imine (C=N–C) groups is 1. The zero-order valence-corrected chi connectivity index (χ0v) is 12.3. The second kappa shape index (κ2) is 7.96. The Morgan fingerprint density at radius 3 is 3.11 bits per heavy atom. The van der Waals surface area contributed by atoms with Gasteiger partial charge in [0.1, 0.15) is 5.76 Å². The van der Waals surface area contributed by atoms with Crippen molar-refractivity contribution >= 4 is 35.8 Å². The Hall–Kier alpha value is -1.25. The van der Waals surface area contributed by atoms with E-state index in [1.807, 2.05) is 6.07 Å². The summed E-state index contributed by atoms with van der Waals surface area (Å²) in [5.41, 5.74) is 0. The van der Waals surface area contributed by atoms with E-state index in [0.717, 1.165) is 25.3 Å². The van der Waals surface area contributed by atoms with E-state index in [1.54, 1.807) is 12.3 Å². The van der Waals surface area contributed by atoms with E-state index in [2.05, 4.69) is 20.9 Å². The van der Waals surface area contributed by atoms with Crippen LogP contribution in [0.4, 0.5) is 0 Å². The quantitative estimate of drug-likeness (QED) is 0.678. The van der Waals surface area contributed by atoms with Crippen LogP contribution in [0.25, 0.3) is 0 Å². The molecule has 0 aromatic carbocycles. The van der Waals surface area contributed by atoms with Crippen LogP contribution in [-0.2, 0) is 11.3 Å². The zero-order chi connectivity index (χ0) is 11.9. The SMILES string of the molecule is I.O=C(CNC1=NCCCN1)NCc1ccco1. The first-order chi connectivity index (χ1) is 8.34. The van der Waals surface area contributed by atoms with Gasteiger partial charge in [-0.3, -0.25) is 9.79 Å². The Morgan fingerprint density at radius 1 is 1.56 bits per heavy atom. The van der Waals surface area contributed by atoms with Crippen molar-refractivity contribution in [2.75, 3.05) is 19.6 Å². The van der Waals surface area contributed by atoms with E-state index in [4.69, 9.17) is 4.42 Å². The van der Waals surface area contributed by atoms with Crippen LogP contribution in [0, 0.1) is 0 Å². The lowest BCUT2D eigenvalue weighted by Gasteiger charge is -2.15. The molecule has 1 aliphatic rings. The first-order valence-corrected chi connectivity index (χ1v) is 5.66. The molecule has 0 bridgehead atoms. The molecule has 6 nitrogen and oxygen atoms in total. The second-order valence-electron chi connectivity index (χ2n) is 3.72. The Morgan fingerprint density at radius 2 is 2.44 bits per heavy atom. The van der Waals surface area contributed by atoms with E-state index >= 15 is 0 Å². The second-order valence-corrected chi connectivity index (χ2v) is 3.72. The van der Waals surface area contributed by atoms with Crippen molar-refractivity contribution in [3.63, 3.8) is 0 Å². The normalized spacial score (nSPS) is 13.9. The Balaban J connectivity index is 0.00000162. The van der Waals surface area contributed by atoms with Crippen LogP contribution in [-0.4, -0.2) is 31.5 Å². The summed E-state index contributed by atoms with van der Waals surface area (Å²) in [7, 11) is 0. The van der Waals surface area contributed by atoms with Crippen LogP contribution in [0.5, 0.6) is 0 Å². The molecule has 0 saturated heterocycles. The van der Waals surface area contributed by atoms with Gasteiger partial charge in [0.15, 0.2) is 5.96 Å². The molecule has 2 heterocycles. The molecule has 0 unspecified atom stereocenters. The number of hydrogen-bond acceptors (Lipinski definition) is 5. The average molecular weight is 364 g/mol. The molecule has 0 aliphatic carbocycles. The molecular formula is C11H17IN4O2. The van der Waals surface area contributed by atoms with E-state index in [1.165, 1.54) is 0 Å². The standard InChI is InChI=1S/C11H16N4O2.HI/c16-10(14-7-9-3-1-6-17-9)8-15-11-12-4-2-5-13-11;/h1,3,6H,2,4-5,7-8H2,(H,14,16)(H2,12,13,15);1H. The molecule has 0 saturated carbocycles. The van der Waals surface area contributed by atoms with Crippen molar-refractivity contribution in [2.45, 2.75) is 13.0 Å². The Bertz CT molecular complexity index is 392. The molecule has 0 spiro atoms. The number of carbonyl (C=O) groups excluding carboxylic acids is 1. The van der Waals surface area contributed by atoms with Crippen molar-refractivity contribution < 1.29 is 9.21 Å². The summed E-state index contributed by atoms with van der Waals surface area (Å²) >= 11 is 0. The third kappa shape index (κ3) is 4.94. The summed E-state index contributed by atoms with van der Waals surface area (Å²) in [6.45, 7) is 2.34. The van der Waals surface area contributed by atoms with Crippen LogP contribution in [0.2, 0.25) is 0 Å². The molecule has 0 atom stereocenters. The van der Waals surface area contributed by atoms with Crippen LogP contribution < -0.4 is 16.0 Å². The molecule has 18 heavy (non-hydrogen) atoms. The van der Waals surface area contributed by atoms with Crippen LogP contribution in [0.1, 0.15) is 12.2 Å². The van der Waals surface area contributed by atoms with Gasteiger partial charge in [0.2, 0.25) is 5.91 Å². The minimum Gasteiger partial charge on any atom is -0.467 e. The predicted octanol–water partition coefficient (Wildman–Crippen LogP) is 0.453. The zero-order valence-electron chi connectivity index (χ0n) is 9.94. The summed E-state index contributed by atoms with van der Waals surface area (Å²) in [6.07, 6.45) is 2.62. The molecule has 1 aromatic rings. The summed E-state index contributed by atoms with van der Waals surface area (Å²) in [6, 6.07) is 3.61. The topological polar surface area (TPSA) is 78.7 Å². The van der Waals surface area contributed by atoms with E-state index in [0.29, 0.717) is 12.5 Å². The van der Waals surface area contributed by atoms with Gasteiger partial charge in [0.25, 0.3) is 0 Å².